The van der Waals surface area contributed by atoms with Gasteiger partial charge >= 0.3 is 12.1 Å². The predicted octanol–water partition coefficient (Wildman–Crippen LogP) is 5.09. The zero-order valence-electron chi connectivity index (χ0n) is 22.7. The highest BCUT2D eigenvalue weighted by atomic mass is 35.5. The molecule has 0 bridgehead atoms. The third kappa shape index (κ3) is 7.97. The number of ether oxygens (including phenoxy) is 2. The summed E-state index contributed by atoms with van der Waals surface area (Å²) in [6.45, 7) is 7.69. The van der Waals surface area contributed by atoms with Crippen molar-refractivity contribution in [1.82, 2.24) is 20.0 Å². The number of carboxylic acids is 1. The predicted molar refractivity (Wildman–Crippen MR) is 151 cm³/mol. The van der Waals surface area contributed by atoms with Crippen LogP contribution >= 0.6 is 11.6 Å². The standard InChI is InChI=1S/C28H34ClN5O5/c1-17(31-5)21(25(30)26(35)36)11-13-38-23-14-19(29)7-8-22(23)18-6-9-24-33-15-20(34(24)16-18)10-12-32-27(37)39-28(2,3)4/h6-9,14-16,30-31H,10-13H2,1-5H3,(H,32,37)(H,35,36)/b21-17-,30-25?. The molecule has 2 heterocycles. The highest BCUT2D eigenvalue weighted by molar-refractivity contribution is 6.41. The van der Waals surface area contributed by atoms with Crippen LogP contribution in [0.1, 0.15) is 39.8 Å². The van der Waals surface area contributed by atoms with E-state index in [4.69, 9.17) is 26.5 Å². The van der Waals surface area contributed by atoms with E-state index in [1.165, 1.54) is 0 Å². The van der Waals surface area contributed by atoms with Gasteiger partial charge in [-0.2, -0.15) is 0 Å². The van der Waals surface area contributed by atoms with Gasteiger partial charge in [0.25, 0.3) is 0 Å². The lowest BCUT2D eigenvalue weighted by atomic mass is 10.0. The number of hydrogen-bond donors (Lipinski definition) is 4. The van der Waals surface area contributed by atoms with E-state index in [1.807, 2.05) is 49.6 Å². The zero-order chi connectivity index (χ0) is 28.7. The van der Waals surface area contributed by atoms with Crippen molar-refractivity contribution in [2.24, 2.45) is 0 Å². The summed E-state index contributed by atoms with van der Waals surface area (Å²) in [5.74, 6) is -0.771. The van der Waals surface area contributed by atoms with Gasteiger partial charge in [0, 0.05) is 71.9 Å². The Kier molecular flexibility index (Phi) is 9.58. The van der Waals surface area contributed by atoms with Crippen LogP contribution in [0, 0.1) is 5.41 Å². The smallest absolute Gasteiger partial charge is 0.407 e. The van der Waals surface area contributed by atoms with Gasteiger partial charge in [-0.05, 0) is 58.0 Å². The van der Waals surface area contributed by atoms with E-state index in [0.29, 0.717) is 35.0 Å². The first-order valence-electron chi connectivity index (χ1n) is 12.4. The van der Waals surface area contributed by atoms with E-state index in [2.05, 4.69) is 15.6 Å². The first-order chi connectivity index (χ1) is 18.4. The molecule has 0 aliphatic carbocycles. The zero-order valence-corrected chi connectivity index (χ0v) is 23.5. The molecule has 1 aromatic carbocycles. The molecule has 0 atom stereocenters. The number of nitrogens with zero attached hydrogens (tertiary/aromatic N) is 2. The highest BCUT2D eigenvalue weighted by Crippen LogP contribution is 2.33. The Morgan fingerprint density at radius 3 is 2.62 bits per heavy atom. The van der Waals surface area contributed by atoms with E-state index >= 15 is 0 Å². The minimum absolute atomic E-state index is 0.145. The lowest BCUT2D eigenvalue weighted by Crippen LogP contribution is -2.33. The highest BCUT2D eigenvalue weighted by Gasteiger charge is 2.18. The molecular formula is C28H34ClN5O5. The largest absolute Gasteiger partial charge is 0.493 e. The SMILES string of the molecule is CN/C(C)=C(/CCOc1cc(Cl)ccc1-c1ccc2ncc(CCNC(=O)OC(C)(C)C)n2c1)C(=N)C(=O)O. The summed E-state index contributed by atoms with van der Waals surface area (Å²) in [6.07, 6.45) is 4.01. The molecule has 3 rings (SSSR count). The second-order valence-electron chi connectivity index (χ2n) is 9.85. The minimum atomic E-state index is -1.30. The number of amides is 1. The van der Waals surface area contributed by atoms with E-state index in [9.17, 15) is 14.7 Å². The van der Waals surface area contributed by atoms with Crippen molar-refractivity contribution in [2.75, 3.05) is 20.2 Å². The number of fused-ring (bicyclic) bond motifs is 1. The van der Waals surface area contributed by atoms with Gasteiger partial charge in [-0.1, -0.05) is 11.6 Å². The van der Waals surface area contributed by atoms with Crippen molar-refractivity contribution < 1.29 is 24.2 Å². The van der Waals surface area contributed by atoms with Crippen molar-refractivity contribution in [2.45, 2.75) is 46.1 Å². The number of alkyl carbamates (subject to hydrolysis) is 1. The summed E-state index contributed by atoms with van der Waals surface area (Å²) in [6, 6.07) is 9.15. The number of rotatable bonds is 11. The maximum absolute atomic E-state index is 12.0. The average molecular weight is 556 g/mol. The molecule has 208 valence electrons. The molecule has 0 fully saturated rings. The number of hydrogen-bond acceptors (Lipinski definition) is 7. The molecule has 4 N–H and O–H groups in total. The van der Waals surface area contributed by atoms with Gasteiger partial charge in [0.15, 0.2) is 0 Å². The van der Waals surface area contributed by atoms with Gasteiger partial charge in [-0.25, -0.2) is 14.6 Å². The molecule has 0 radical (unpaired) electrons. The number of halogens is 1. The Bertz CT molecular complexity index is 1410. The second kappa shape index (κ2) is 12.7. The topological polar surface area (TPSA) is 138 Å². The van der Waals surface area contributed by atoms with Crippen LogP contribution in [0.15, 0.2) is 54.0 Å². The number of imidazole rings is 1. The number of carbonyl (C=O) groups is 2. The Morgan fingerprint density at radius 1 is 1.21 bits per heavy atom. The molecule has 0 unspecified atom stereocenters. The lowest BCUT2D eigenvalue weighted by molar-refractivity contribution is -0.129. The normalized spacial score (nSPS) is 12.1. The summed E-state index contributed by atoms with van der Waals surface area (Å²) in [7, 11) is 1.68. The maximum Gasteiger partial charge on any atom is 0.407 e. The molecule has 39 heavy (non-hydrogen) atoms. The third-order valence-corrected chi connectivity index (χ3v) is 6.07. The molecule has 0 spiro atoms. The summed E-state index contributed by atoms with van der Waals surface area (Å²) in [5.41, 5.74) is 3.22. The van der Waals surface area contributed by atoms with Gasteiger partial charge in [-0.15, -0.1) is 0 Å². The number of nitrogens with one attached hydrogen (secondary N) is 3. The Morgan fingerprint density at radius 2 is 1.95 bits per heavy atom. The van der Waals surface area contributed by atoms with Gasteiger partial charge in [0.05, 0.1) is 6.61 Å². The van der Waals surface area contributed by atoms with Crippen LogP contribution in [0.3, 0.4) is 0 Å². The molecule has 0 saturated carbocycles. The Balaban J connectivity index is 1.80. The molecule has 0 saturated heterocycles. The molecule has 0 aliphatic rings. The van der Waals surface area contributed by atoms with Crippen LogP contribution < -0.4 is 15.4 Å². The molecule has 10 nitrogen and oxygen atoms in total. The summed E-state index contributed by atoms with van der Waals surface area (Å²) >= 11 is 6.27. The monoisotopic (exact) mass is 555 g/mol. The fourth-order valence-corrected chi connectivity index (χ4v) is 4.04. The molecule has 3 aromatic rings. The number of aliphatic carboxylic acids is 1. The molecule has 0 aliphatic heterocycles. The number of benzene rings is 1. The quantitative estimate of drug-likeness (QED) is 0.242. The van der Waals surface area contributed by atoms with Gasteiger partial charge in [0.1, 0.15) is 22.7 Å². The van der Waals surface area contributed by atoms with Crippen molar-refractivity contribution >= 4 is 35.0 Å². The summed E-state index contributed by atoms with van der Waals surface area (Å²) < 4.78 is 13.3. The van der Waals surface area contributed by atoms with Crippen molar-refractivity contribution in [3.05, 3.63) is 64.7 Å². The Labute approximate surface area is 232 Å². The van der Waals surface area contributed by atoms with Crippen LogP contribution in [-0.4, -0.2) is 58.1 Å². The second-order valence-corrected chi connectivity index (χ2v) is 10.3. The van der Waals surface area contributed by atoms with Crippen molar-refractivity contribution in [3.63, 3.8) is 0 Å². The summed E-state index contributed by atoms with van der Waals surface area (Å²) in [5, 5.41) is 23.4. The molecule has 1 amide bonds. The first kappa shape index (κ1) is 29.5. The number of pyridine rings is 1. The van der Waals surface area contributed by atoms with Crippen LogP contribution in [0.5, 0.6) is 5.75 Å². The molecule has 2 aromatic heterocycles. The van der Waals surface area contributed by atoms with Crippen LogP contribution in [-0.2, 0) is 16.0 Å². The van der Waals surface area contributed by atoms with E-state index < -0.39 is 23.4 Å². The molecular weight excluding hydrogens is 522 g/mol. The number of carboxylic acid groups (broad SMARTS) is 1. The van der Waals surface area contributed by atoms with Crippen molar-refractivity contribution in [3.8, 4) is 16.9 Å². The minimum Gasteiger partial charge on any atom is -0.493 e. The third-order valence-electron chi connectivity index (χ3n) is 5.84. The van der Waals surface area contributed by atoms with Crippen molar-refractivity contribution in [1.29, 1.82) is 5.41 Å². The number of aromatic nitrogens is 2. The number of carbonyl (C=O) groups excluding carboxylic acids is 1. The Hall–Kier alpha value is -4.05. The van der Waals surface area contributed by atoms with Gasteiger partial charge in [-0.3, -0.25) is 5.41 Å². The van der Waals surface area contributed by atoms with Crippen LogP contribution in [0.25, 0.3) is 16.8 Å². The summed E-state index contributed by atoms with van der Waals surface area (Å²) in [4.78, 5) is 27.8. The van der Waals surface area contributed by atoms with E-state index in [0.717, 1.165) is 22.5 Å². The fourth-order valence-electron chi connectivity index (χ4n) is 3.88. The number of allylic oxidation sites excluding steroid dienone is 1. The maximum atomic E-state index is 12.0. The van der Waals surface area contributed by atoms with Crippen LogP contribution in [0.4, 0.5) is 4.79 Å². The van der Waals surface area contributed by atoms with Gasteiger partial charge in [0.2, 0.25) is 0 Å². The van der Waals surface area contributed by atoms with E-state index in [-0.39, 0.29) is 13.0 Å². The molecule has 11 heteroatoms. The van der Waals surface area contributed by atoms with Gasteiger partial charge < -0.3 is 29.6 Å². The average Bonchev–Trinajstić information content (AvgIpc) is 3.27. The first-order valence-corrected chi connectivity index (χ1v) is 12.8. The fraction of sp³-hybridized carbons (Fsp3) is 0.357. The van der Waals surface area contributed by atoms with Crippen LogP contribution in [0.2, 0.25) is 5.02 Å². The lowest BCUT2D eigenvalue weighted by Gasteiger charge is -2.19. The van der Waals surface area contributed by atoms with E-state index in [1.54, 1.807) is 32.3 Å².